The van der Waals surface area contributed by atoms with Crippen LogP contribution in [0.15, 0.2) is 22.7 Å². The minimum absolute atomic E-state index is 0.0966. The molecule has 1 aliphatic rings. The normalized spacial score (nSPS) is 16.1. The number of nitrogens with zero attached hydrogens (tertiary/aromatic N) is 4. The molecule has 13 heteroatoms. The van der Waals surface area contributed by atoms with Crippen LogP contribution in [0.4, 0.5) is 4.79 Å². The summed E-state index contributed by atoms with van der Waals surface area (Å²) in [6, 6.07) is 4.94. The molecule has 3 heterocycles. The summed E-state index contributed by atoms with van der Waals surface area (Å²) < 4.78 is 22.1. The van der Waals surface area contributed by atoms with Gasteiger partial charge in [-0.05, 0) is 58.9 Å². The monoisotopic (exact) mass is 607 g/mol. The third-order valence-corrected chi connectivity index (χ3v) is 7.42. The summed E-state index contributed by atoms with van der Waals surface area (Å²) >= 11 is 13.6. The van der Waals surface area contributed by atoms with E-state index < -0.39 is 6.10 Å². The number of hydrogen-bond donors (Lipinski definition) is 2. The lowest BCUT2D eigenvalue weighted by atomic mass is 10.0. The Morgan fingerprint density at radius 2 is 2.10 bits per heavy atom. The molecule has 1 aliphatic heterocycles. The standard InChI is InChI=1S/C28H35Cl2N5O6/c1-5-39-28(37)35-10-11-38-14-18(35)6-9-23-25(30)26(24-16(2)34-41-17(24)3)33-27(32-23)21-12-20(7-8-22(21)29)40-15-19(36)13-31-4/h7-8,12,18-19,31,36H,5-6,9-11,13-15H2,1-4H3/t18-,19+/m0/s1. The molecule has 11 nitrogen and oxygen atoms in total. The second-order valence-corrected chi connectivity index (χ2v) is 10.5. The zero-order valence-corrected chi connectivity index (χ0v) is 25.1. The zero-order valence-electron chi connectivity index (χ0n) is 23.6. The van der Waals surface area contributed by atoms with Crippen molar-refractivity contribution in [2.45, 2.75) is 45.8 Å². The van der Waals surface area contributed by atoms with Gasteiger partial charge in [-0.25, -0.2) is 14.8 Å². The molecule has 2 N–H and O–H groups in total. The maximum Gasteiger partial charge on any atom is 0.410 e. The fourth-order valence-electron chi connectivity index (χ4n) is 4.66. The average molecular weight is 609 g/mol. The lowest BCUT2D eigenvalue weighted by Gasteiger charge is -2.34. The molecular weight excluding hydrogens is 573 g/mol. The molecule has 0 bridgehead atoms. The number of halogens is 2. The number of aryl methyl sites for hydroxylation is 3. The maximum absolute atomic E-state index is 12.5. The number of aromatic nitrogens is 3. The quantitative estimate of drug-likeness (QED) is 0.321. The number of carbonyl (C=O) groups is 1. The van der Waals surface area contributed by atoms with Gasteiger partial charge in [-0.1, -0.05) is 28.4 Å². The predicted octanol–water partition coefficient (Wildman–Crippen LogP) is 4.47. The van der Waals surface area contributed by atoms with E-state index in [1.54, 1.807) is 44.0 Å². The maximum atomic E-state index is 12.5. The first kappa shape index (κ1) is 31.0. The van der Waals surface area contributed by atoms with Crippen molar-refractivity contribution < 1.29 is 28.6 Å². The number of likely N-dealkylation sites (N-methyl/N-ethyl adjacent to an activating group) is 1. The third kappa shape index (κ3) is 7.47. The highest BCUT2D eigenvalue weighted by Crippen LogP contribution is 2.37. The summed E-state index contributed by atoms with van der Waals surface area (Å²) in [6.45, 7) is 7.46. The van der Waals surface area contributed by atoms with Crippen LogP contribution < -0.4 is 10.1 Å². The molecule has 1 amide bonds. The minimum atomic E-state index is -0.679. The van der Waals surface area contributed by atoms with Crippen molar-refractivity contribution in [1.29, 1.82) is 0 Å². The lowest BCUT2D eigenvalue weighted by molar-refractivity contribution is -0.0103. The van der Waals surface area contributed by atoms with Gasteiger partial charge in [0.2, 0.25) is 0 Å². The minimum Gasteiger partial charge on any atom is -0.491 e. The number of benzene rings is 1. The van der Waals surface area contributed by atoms with Crippen molar-refractivity contribution in [3.05, 3.63) is 45.4 Å². The predicted molar refractivity (Wildman–Crippen MR) is 155 cm³/mol. The first-order chi connectivity index (χ1) is 19.7. The number of aliphatic hydroxyl groups excluding tert-OH is 1. The van der Waals surface area contributed by atoms with E-state index in [-0.39, 0.29) is 18.7 Å². The van der Waals surface area contributed by atoms with Crippen molar-refractivity contribution in [2.75, 3.05) is 46.6 Å². The van der Waals surface area contributed by atoms with Crippen molar-refractivity contribution in [1.82, 2.24) is 25.3 Å². The molecule has 3 aromatic rings. The fraction of sp³-hybridized carbons (Fsp3) is 0.500. The van der Waals surface area contributed by atoms with E-state index in [2.05, 4.69) is 10.5 Å². The topological polar surface area (TPSA) is 132 Å². The summed E-state index contributed by atoms with van der Waals surface area (Å²) in [5.41, 5.74) is 2.89. The van der Waals surface area contributed by atoms with E-state index in [0.717, 1.165) is 0 Å². The highest BCUT2D eigenvalue weighted by atomic mass is 35.5. The molecule has 0 aliphatic carbocycles. The number of rotatable bonds is 11. The highest BCUT2D eigenvalue weighted by Gasteiger charge is 2.29. The zero-order chi connectivity index (χ0) is 29.5. The van der Waals surface area contributed by atoms with E-state index in [0.29, 0.717) is 101 Å². The van der Waals surface area contributed by atoms with Crippen LogP contribution in [0.3, 0.4) is 0 Å². The Hall–Kier alpha value is -2.96. The molecule has 0 unspecified atom stereocenters. The Morgan fingerprint density at radius 3 is 2.80 bits per heavy atom. The molecule has 4 rings (SSSR count). The van der Waals surface area contributed by atoms with Crippen LogP contribution in [-0.2, 0) is 15.9 Å². The van der Waals surface area contributed by atoms with Gasteiger partial charge in [0, 0.05) is 18.7 Å². The van der Waals surface area contributed by atoms with Gasteiger partial charge in [-0.2, -0.15) is 0 Å². The number of morpholine rings is 1. The Bertz CT molecular complexity index is 1330. The van der Waals surface area contributed by atoms with Crippen LogP contribution in [0, 0.1) is 13.8 Å². The summed E-state index contributed by atoms with van der Waals surface area (Å²) in [7, 11) is 1.76. The highest BCUT2D eigenvalue weighted by molar-refractivity contribution is 6.34. The van der Waals surface area contributed by atoms with Crippen molar-refractivity contribution in [3.8, 4) is 28.4 Å². The molecular formula is C28H35Cl2N5O6. The molecule has 0 spiro atoms. The molecule has 0 saturated carbocycles. The molecule has 1 fully saturated rings. The molecule has 222 valence electrons. The van der Waals surface area contributed by atoms with Gasteiger partial charge in [0.1, 0.15) is 24.2 Å². The third-order valence-electron chi connectivity index (χ3n) is 6.70. The van der Waals surface area contributed by atoms with Gasteiger partial charge in [0.05, 0.1) is 58.6 Å². The number of ether oxygens (including phenoxy) is 3. The molecule has 2 aromatic heterocycles. The average Bonchev–Trinajstić information content (AvgIpc) is 3.29. The second kappa shape index (κ2) is 14.3. The van der Waals surface area contributed by atoms with E-state index in [1.807, 2.05) is 6.92 Å². The van der Waals surface area contributed by atoms with Gasteiger partial charge >= 0.3 is 6.09 Å². The molecule has 1 aromatic carbocycles. The smallest absolute Gasteiger partial charge is 0.410 e. The van der Waals surface area contributed by atoms with Crippen LogP contribution >= 0.6 is 23.2 Å². The van der Waals surface area contributed by atoms with Gasteiger partial charge in [0.15, 0.2) is 5.82 Å². The first-order valence-electron chi connectivity index (χ1n) is 13.5. The van der Waals surface area contributed by atoms with Crippen molar-refractivity contribution in [2.24, 2.45) is 0 Å². The van der Waals surface area contributed by atoms with Crippen LogP contribution in [0.25, 0.3) is 22.6 Å². The van der Waals surface area contributed by atoms with Gasteiger partial charge in [-0.15, -0.1) is 0 Å². The van der Waals surface area contributed by atoms with Crippen molar-refractivity contribution in [3.63, 3.8) is 0 Å². The van der Waals surface area contributed by atoms with Gasteiger partial charge in [-0.3, -0.25) is 0 Å². The largest absolute Gasteiger partial charge is 0.491 e. The first-order valence-corrected chi connectivity index (χ1v) is 14.2. The second-order valence-electron chi connectivity index (χ2n) is 9.68. The number of hydrogen-bond acceptors (Lipinski definition) is 10. The Labute approximate surface area is 249 Å². The number of aliphatic hydroxyl groups is 1. The molecule has 2 atom stereocenters. The number of nitrogens with one attached hydrogen (secondary N) is 1. The molecule has 0 radical (unpaired) electrons. The fourth-order valence-corrected chi connectivity index (χ4v) is 5.14. The van der Waals surface area contributed by atoms with Crippen LogP contribution in [0.5, 0.6) is 5.75 Å². The summed E-state index contributed by atoms with van der Waals surface area (Å²) in [6.07, 6.45) is -0.0775. The number of amides is 1. The van der Waals surface area contributed by atoms with Crippen molar-refractivity contribution >= 4 is 29.3 Å². The summed E-state index contributed by atoms with van der Waals surface area (Å²) in [4.78, 5) is 23.9. The lowest BCUT2D eigenvalue weighted by Crippen LogP contribution is -2.49. The van der Waals surface area contributed by atoms with Crippen LogP contribution in [0.2, 0.25) is 10.0 Å². The molecule has 41 heavy (non-hydrogen) atoms. The Kier molecular flexibility index (Phi) is 10.8. The van der Waals surface area contributed by atoms with Gasteiger partial charge < -0.3 is 34.1 Å². The summed E-state index contributed by atoms with van der Waals surface area (Å²) in [5.74, 6) is 1.41. The van der Waals surface area contributed by atoms with E-state index in [9.17, 15) is 9.90 Å². The molecule has 1 saturated heterocycles. The Morgan fingerprint density at radius 1 is 1.29 bits per heavy atom. The Balaban J connectivity index is 1.70. The SMILES string of the molecule is CCOC(=O)N1CCOC[C@@H]1CCc1nc(-c2cc(OC[C@H](O)CNC)ccc2Cl)nc(-c2c(C)noc2C)c1Cl. The van der Waals surface area contributed by atoms with E-state index >= 15 is 0 Å². The van der Waals surface area contributed by atoms with Crippen LogP contribution in [-0.4, -0.2) is 89.9 Å². The number of carbonyl (C=O) groups excluding carboxylic acids is 1. The van der Waals surface area contributed by atoms with E-state index in [1.165, 1.54) is 0 Å². The van der Waals surface area contributed by atoms with Gasteiger partial charge in [0.25, 0.3) is 0 Å². The summed E-state index contributed by atoms with van der Waals surface area (Å²) in [5, 5.41) is 17.8. The van der Waals surface area contributed by atoms with E-state index in [4.69, 9.17) is 51.9 Å². The van der Waals surface area contributed by atoms with Crippen LogP contribution in [0.1, 0.15) is 30.5 Å².